The first-order chi connectivity index (χ1) is 9.01. The average Bonchev–Trinajstić information content (AvgIpc) is 2.63. The second kappa shape index (κ2) is 4.80. The van der Waals surface area contributed by atoms with Crippen molar-refractivity contribution in [3.8, 4) is 0 Å². The molecule has 1 unspecified atom stereocenters. The molecule has 112 valence electrons. The summed E-state index contributed by atoms with van der Waals surface area (Å²) >= 11 is 3.12. The Morgan fingerprint density at radius 3 is 2.20 bits per heavy atom. The minimum atomic E-state index is -4.29. The van der Waals surface area contributed by atoms with Crippen LogP contribution in [-0.4, -0.2) is 5.51 Å². The topological polar surface area (TPSA) is 0 Å². The summed E-state index contributed by atoms with van der Waals surface area (Å²) in [6.45, 7) is 7.45. The van der Waals surface area contributed by atoms with E-state index in [0.717, 1.165) is 12.0 Å². The summed E-state index contributed by atoms with van der Waals surface area (Å²) in [5.74, 6) is 0. The molecule has 1 heterocycles. The summed E-state index contributed by atoms with van der Waals surface area (Å²) in [6, 6.07) is 5.42. The van der Waals surface area contributed by atoms with E-state index in [0.29, 0.717) is 15.4 Å². The van der Waals surface area contributed by atoms with E-state index in [-0.39, 0.29) is 0 Å². The highest BCUT2D eigenvalue weighted by Gasteiger charge is 2.57. The Morgan fingerprint density at radius 2 is 1.75 bits per heavy atom. The molecule has 1 aliphatic heterocycles. The molecule has 0 spiro atoms. The summed E-state index contributed by atoms with van der Waals surface area (Å²) in [5, 5.41) is 0. The van der Waals surface area contributed by atoms with Crippen LogP contribution in [0.5, 0.6) is 0 Å². The molecule has 5 heteroatoms. The number of hydrogen-bond donors (Lipinski definition) is 0. The lowest BCUT2D eigenvalue weighted by Gasteiger charge is -2.40. The van der Waals surface area contributed by atoms with E-state index in [4.69, 9.17) is 0 Å². The zero-order chi connectivity index (χ0) is 15.3. The van der Waals surface area contributed by atoms with Gasteiger partial charge in [0, 0.05) is 4.90 Å². The molecule has 0 fully saturated rings. The summed E-state index contributed by atoms with van der Waals surface area (Å²) in [5.41, 5.74) is -3.19. The fraction of sp³-hybridized carbons (Fsp3) is 0.467. The van der Waals surface area contributed by atoms with Gasteiger partial charge in [-0.1, -0.05) is 39.8 Å². The number of alkyl halides is 3. The monoisotopic (exact) mass is 366 g/mol. The number of benzene rings is 1. The van der Waals surface area contributed by atoms with Crippen molar-refractivity contribution in [3.63, 3.8) is 0 Å². The maximum Gasteiger partial charge on any atom is 0.442 e. The Balaban J connectivity index is 2.72. The SMILES string of the molecule is CCc1ccc2c(c1)S(Br)(C(F)(F)F)C(C(C)(C)C)=C2. The molecule has 0 nitrogen and oxygen atoms in total. The van der Waals surface area contributed by atoms with Crippen LogP contribution in [0.25, 0.3) is 6.08 Å². The zero-order valence-corrected chi connectivity index (χ0v) is 14.3. The number of fused-ring (bicyclic) bond motifs is 1. The lowest BCUT2D eigenvalue weighted by atomic mass is 9.95. The van der Waals surface area contributed by atoms with Gasteiger partial charge in [0.2, 0.25) is 0 Å². The van der Waals surface area contributed by atoms with Crippen molar-refractivity contribution < 1.29 is 13.2 Å². The normalized spacial score (nSPS) is 25.9. The predicted molar refractivity (Wildman–Crippen MR) is 84.1 cm³/mol. The maximum atomic E-state index is 13.8. The molecular weight excluding hydrogens is 349 g/mol. The van der Waals surface area contributed by atoms with Crippen molar-refractivity contribution >= 4 is 29.4 Å². The molecule has 20 heavy (non-hydrogen) atoms. The lowest BCUT2D eigenvalue weighted by Crippen LogP contribution is -2.22. The fourth-order valence-electron chi connectivity index (χ4n) is 2.39. The lowest BCUT2D eigenvalue weighted by molar-refractivity contribution is -0.0358. The third kappa shape index (κ3) is 2.33. The van der Waals surface area contributed by atoms with E-state index in [2.05, 4.69) is 14.8 Å². The quantitative estimate of drug-likeness (QED) is 0.522. The molecule has 0 radical (unpaired) electrons. The minimum absolute atomic E-state index is 0.397. The Kier molecular flexibility index (Phi) is 3.83. The molecule has 0 aromatic heterocycles. The summed E-state index contributed by atoms with van der Waals surface area (Å²) in [6.07, 6.45) is 2.45. The van der Waals surface area contributed by atoms with Gasteiger partial charge in [-0.25, -0.2) is 0 Å². The summed E-state index contributed by atoms with van der Waals surface area (Å²) in [4.78, 5) is 0.843. The number of allylic oxidation sites excluding steroid dienone is 1. The van der Waals surface area contributed by atoms with Gasteiger partial charge in [0.15, 0.2) is 0 Å². The standard InChI is InChI=1S/C15H18BrF3S/c1-5-10-6-7-11-9-13(14(2,3)4)20(16,12(11)8-10)15(17,18)19/h6-9H,5H2,1-4H3. The number of rotatable bonds is 1. The van der Waals surface area contributed by atoms with Gasteiger partial charge in [0.25, 0.3) is 0 Å². The van der Waals surface area contributed by atoms with Crippen molar-refractivity contribution in [3.05, 3.63) is 34.2 Å². The molecule has 1 aromatic rings. The Hall–Kier alpha value is -0.420. The van der Waals surface area contributed by atoms with Crippen molar-refractivity contribution in [2.75, 3.05) is 0 Å². The second-order valence-corrected chi connectivity index (χ2v) is 11.3. The Morgan fingerprint density at radius 1 is 1.15 bits per heavy atom. The van der Waals surface area contributed by atoms with Gasteiger partial charge in [-0.2, -0.15) is 13.2 Å². The van der Waals surface area contributed by atoms with Crippen LogP contribution in [0.15, 0.2) is 28.0 Å². The van der Waals surface area contributed by atoms with Crippen LogP contribution in [0, 0.1) is 5.41 Å². The molecule has 0 aliphatic carbocycles. The first kappa shape index (κ1) is 16.0. The highest BCUT2D eigenvalue weighted by atomic mass is 79.9. The first-order valence-electron chi connectivity index (χ1n) is 6.46. The minimum Gasteiger partial charge on any atom is -0.160 e. The van der Waals surface area contributed by atoms with E-state index >= 15 is 0 Å². The van der Waals surface area contributed by atoms with E-state index in [1.807, 2.05) is 39.8 Å². The van der Waals surface area contributed by atoms with Gasteiger partial charge < -0.3 is 0 Å². The van der Waals surface area contributed by atoms with E-state index < -0.39 is 19.4 Å². The molecular formula is C15H18BrF3S. The van der Waals surface area contributed by atoms with Gasteiger partial charge in [-0.15, -0.1) is 0 Å². The molecule has 0 bridgehead atoms. The van der Waals surface area contributed by atoms with Crippen molar-refractivity contribution in [1.29, 1.82) is 0 Å². The van der Waals surface area contributed by atoms with Crippen molar-refractivity contribution in [1.82, 2.24) is 0 Å². The average molecular weight is 367 g/mol. The van der Waals surface area contributed by atoms with E-state index in [9.17, 15) is 13.2 Å². The molecule has 0 saturated carbocycles. The van der Waals surface area contributed by atoms with E-state index in [1.165, 1.54) is 0 Å². The number of halogens is 4. The number of hydrogen-bond acceptors (Lipinski definition) is 0. The molecule has 1 aromatic carbocycles. The molecule has 0 saturated heterocycles. The highest BCUT2D eigenvalue weighted by Crippen LogP contribution is 2.83. The van der Waals surface area contributed by atoms with Crippen molar-refractivity contribution in [2.24, 2.45) is 5.41 Å². The molecule has 0 N–H and O–H groups in total. The van der Waals surface area contributed by atoms with Crippen LogP contribution in [0.4, 0.5) is 13.2 Å². The van der Waals surface area contributed by atoms with Crippen LogP contribution in [0.1, 0.15) is 38.8 Å². The van der Waals surface area contributed by atoms with Crippen LogP contribution in [-0.2, 0) is 6.42 Å². The van der Waals surface area contributed by atoms with Crippen molar-refractivity contribution in [2.45, 2.75) is 44.5 Å². The predicted octanol–water partition coefficient (Wildman–Crippen LogP) is 6.64. The van der Waals surface area contributed by atoms with Crippen LogP contribution < -0.4 is 0 Å². The molecule has 0 amide bonds. The van der Waals surface area contributed by atoms with Gasteiger partial charge in [0.05, 0.1) is 0 Å². The molecule has 1 aliphatic rings. The highest BCUT2D eigenvalue weighted by molar-refractivity contribution is 9.59. The first-order valence-corrected chi connectivity index (χ1v) is 9.94. The zero-order valence-electron chi connectivity index (χ0n) is 11.9. The Labute approximate surface area is 127 Å². The fourth-order valence-corrected chi connectivity index (χ4v) is 7.60. The van der Waals surface area contributed by atoms with Crippen LogP contribution in [0.2, 0.25) is 0 Å². The van der Waals surface area contributed by atoms with Gasteiger partial charge in [-0.3, -0.25) is 0 Å². The maximum absolute atomic E-state index is 13.8. The smallest absolute Gasteiger partial charge is 0.160 e. The van der Waals surface area contributed by atoms with Crippen LogP contribution in [0.3, 0.4) is 0 Å². The third-order valence-electron chi connectivity index (χ3n) is 3.44. The number of aryl methyl sites for hydroxylation is 1. The molecule has 1 atom stereocenters. The van der Waals surface area contributed by atoms with Gasteiger partial charge in [-0.05, 0) is 63.3 Å². The van der Waals surface area contributed by atoms with Crippen LogP contribution >= 0.6 is 23.3 Å². The second-order valence-electron chi connectivity index (χ2n) is 5.97. The van der Waals surface area contributed by atoms with E-state index in [1.54, 1.807) is 12.1 Å². The largest absolute Gasteiger partial charge is 0.442 e. The Bertz CT molecular complexity index is 569. The third-order valence-corrected chi connectivity index (χ3v) is 9.56. The van der Waals surface area contributed by atoms with Gasteiger partial charge in [0.1, 0.15) is 0 Å². The molecule has 2 rings (SSSR count). The van der Waals surface area contributed by atoms with Gasteiger partial charge >= 0.3 is 5.51 Å². The summed E-state index contributed by atoms with van der Waals surface area (Å²) < 4.78 is 41.4. The summed E-state index contributed by atoms with van der Waals surface area (Å²) in [7, 11) is -3.14.